The lowest BCUT2D eigenvalue weighted by molar-refractivity contribution is -0.134. The van der Waals surface area contributed by atoms with E-state index in [1.165, 1.54) is 0 Å². The number of hydrogen-bond acceptors (Lipinski definition) is 5. The van der Waals surface area contributed by atoms with Crippen molar-refractivity contribution in [3.8, 4) is 0 Å². The molecule has 0 aliphatic carbocycles. The van der Waals surface area contributed by atoms with Gasteiger partial charge in [-0.05, 0) is 26.2 Å². The summed E-state index contributed by atoms with van der Waals surface area (Å²) in [5.41, 5.74) is 0. The number of rotatable bonds is 4. The Morgan fingerprint density at radius 3 is 2.81 bits per heavy atom. The van der Waals surface area contributed by atoms with E-state index in [1.807, 2.05) is 4.90 Å². The van der Waals surface area contributed by atoms with E-state index in [1.54, 1.807) is 4.90 Å². The first kappa shape index (κ1) is 17.5. The van der Waals surface area contributed by atoms with E-state index in [4.69, 9.17) is 4.74 Å². The molecule has 3 aliphatic heterocycles. The number of hydrogen-bond donors (Lipinski definition) is 0. The smallest absolute Gasteiger partial charge is 0.224 e. The fourth-order valence-corrected chi connectivity index (χ4v) is 4.31. The first-order chi connectivity index (χ1) is 12.6. The number of nitrogens with zero attached hydrogens (tertiary/aromatic N) is 5. The summed E-state index contributed by atoms with van der Waals surface area (Å²) in [4.78, 5) is 28.0. The van der Waals surface area contributed by atoms with Crippen LogP contribution in [0, 0.1) is 0 Å². The van der Waals surface area contributed by atoms with E-state index in [2.05, 4.69) is 21.7 Å². The third kappa shape index (κ3) is 3.34. The standard InChI is InChI=1S/C18H27N5O3/c1-13-11-22(17(25)4-8-21-7-2-3-16(21)24)12-15-19-20-18(23(13)15)14-5-9-26-10-6-14/h13-14H,2-12H2,1H3/t13-/m0/s1. The molecule has 142 valence electrons. The van der Waals surface area contributed by atoms with E-state index in [9.17, 15) is 9.59 Å². The normalized spacial score (nSPS) is 24.2. The number of ether oxygens (including phenoxy) is 1. The summed E-state index contributed by atoms with van der Waals surface area (Å²) < 4.78 is 7.68. The minimum atomic E-state index is 0.0958. The Kier molecular flexibility index (Phi) is 4.93. The Hall–Kier alpha value is -1.96. The highest BCUT2D eigenvalue weighted by atomic mass is 16.5. The Balaban J connectivity index is 1.40. The van der Waals surface area contributed by atoms with Crippen LogP contribution in [0.25, 0.3) is 0 Å². The average Bonchev–Trinajstić information content (AvgIpc) is 3.26. The molecule has 1 atom stereocenters. The molecule has 26 heavy (non-hydrogen) atoms. The zero-order valence-electron chi connectivity index (χ0n) is 15.4. The Labute approximate surface area is 153 Å². The molecule has 2 fully saturated rings. The van der Waals surface area contributed by atoms with Gasteiger partial charge in [-0.1, -0.05) is 0 Å². The molecule has 0 aromatic carbocycles. The van der Waals surface area contributed by atoms with Gasteiger partial charge in [-0.25, -0.2) is 0 Å². The topological polar surface area (TPSA) is 80.6 Å². The predicted molar refractivity (Wildman–Crippen MR) is 93.4 cm³/mol. The monoisotopic (exact) mass is 361 g/mol. The predicted octanol–water partition coefficient (Wildman–Crippen LogP) is 1.09. The van der Waals surface area contributed by atoms with Crippen LogP contribution in [0.15, 0.2) is 0 Å². The molecule has 8 heteroatoms. The summed E-state index contributed by atoms with van der Waals surface area (Å²) in [6.07, 6.45) is 3.88. The van der Waals surface area contributed by atoms with Crippen LogP contribution in [0.2, 0.25) is 0 Å². The summed E-state index contributed by atoms with van der Waals surface area (Å²) in [5, 5.41) is 8.83. The Bertz CT molecular complexity index is 682. The van der Waals surface area contributed by atoms with Crippen LogP contribution < -0.4 is 0 Å². The van der Waals surface area contributed by atoms with Crippen molar-refractivity contribution in [2.45, 2.75) is 57.5 Å². The first-order valence-electron chi connectivity index (χ1n) is 9.70. The summed E-state index contributed by atoms with van der Waals surface area (Å²) in [6.45, 7) is 6.18. The molecule has 4 heterocycles. The van der Waals surface area contributed by atoms with Crippen molar-refractivity contribution >= 4 is 11.8 Å². The molecule has 8 nitrogen and oxygen atoms in total. The fraction of sp³-hybridized carbons (Fsp3) is 0.778. The molecule has 0 bridgehead atoms. The van der Waals surface area contributed by atoms with Gasteiger partial charge in [0.25, 0.3) is 0 Å². The molecule has 0 radical (unpaired) electrons. The van der Waals surface area contributed by atoms with Crippen LogP contribution in [0.5, 0.6) is 0 Å². The van der Waals surface area contributed by atoms with E-state index < -0.39 is 0 Å². The fourth-order valence-electron chi connectivity index (χ4n) is 4.31. The zero-order valence-corrected chi connectivity index (χ0v) is 15.4. The molecule has 0 saturated carbocycles. The van der Waals surface area contributed by atoms with Crippen LogP contribution in [-0.2, 0) is 20.9 Å². The van der Waals surface area contributed by atoms with Gasteiger partial charge in [0.1, 0.15) is 5.82 Å². The molecule has 1 aromatic rings. The van der Waals surface area contributed by atoms with Crippen molar-refractivity contribution in [2.75, 3.05) is 32.8 Å². The summed E-state index contributed by atoms with van der Waals surface area (Å²) in [5.74, 6) is 2.58. The average molecular weight is 361 g/mol. The summed E-state index contributed by atoms with van der Waals surface area (Å²) >= 11 is 0. The van der Waals surface area contributed by atoms with Crippen LogP contribution in [-0.4, -0.2) is 69.2 Å². The van der Waals surface area contributed by atoms with Gasteiger partial charge in [-0.3, -0.25) is 9.59 Å². The maximum absolute atomic E-state index is 12.6. The number of carbonyl (C=O) groups excluding carboxylic acids is 2. The van der Waals surface area contributed by atoms with Crippen LogP contribution >= 0.6 is 0 Å². The highest BCUT2D eigenvalue weighted by Crippen LogP contribution is 2.31. The molecule has 0 spiro atoms. The zero-order chi connectivity index (χ0) is 18.1. The number of aromatic nitrogens is 3. The second-order valence-corrected chi connectivity index (χ2v) is 7.59. The highest BCUT2D eigenvalue weighted by Gasteiger charge is 2.32. The lowest BCUT2D eigenvalue weighted by Gasteiger charge is -2.34. The molecule has 0 unspecified atom stereocenters. The maximum Gasteiger partial charge on any atom is 0.224 e. The molecule has 2 saturated heterocycles. The Morgan fingerprint density at radius 2 is 2.08 bits per heavy atom. The molecular formula is C18H27N5O3. The number of likely N-dealkylation sites (tertiary alicyclic amines) is 1. The lowest BCUT2D eigenvalue weighted by Crippen LogP contribution is -2.42. The minimum absolute atomic E-state index is 0.0958. The van der Waals surface area contributed by atoms with Crippen molar-refractivity contribution in [3.05, 3.63) is 11.6 Å². The second kappa shape index (κ2) is 7.34. The van der Waals surface area contributed by atoms with Crippen molar-refractivity contribution < 1.29 is 14.3 Å². The van der Waals surface area contributed by atoms with Crippen molar-refractivity contribution in [1.29, 1.82) is 0 Å². The van der Waals surface area contributed by atoms with Gasteiger partial charge >= 0.3 is 0 Å². The molecule has 2 amide bonds. The second-order valence-electron chi connectivity index (χ2n) is 7.59. The lowest BCUT2D eigenvalue weighted by atomic mass is 9.99. The van der Waals surface area contributed by atoms with Gasteiger partial charge in [0.05, 0.1) is 12.6 Å². The summed E-state index contributed by atoms with van der Waals surface area (Å²) in [7, 11) is 0. The van der Waals surface area contributed by atoms with Gasteiger partial charge in [-0.15, -0.1) is 10.2 Å². The van der Waals surface area contributed by atoms with E-state index in [0.29, 0.717) is 38.4 Å². The summed E-state index contributed by atoms with van der Waals surface area (Å²) in [6, 6.07) is 0.170. The third-order valence-electron chi connectivity index (χ3n) is 5.76. The number of amides is 2. The molecular weight excluding hydrogens is 334 g/mol. The van der Waals surface area contributed by atoms with Crippen molar-refractivity contribution in [1.82, 2.24) is 24.6 Å². The Morgan fingerprint density at radius 1 is 1.27 bits per heavy atom. The minimum Gasteiger partial charge on any atom is -0.381 e. The molecule has 0 N–H and O–H groups in total. The van der Waals surface area contributed by atoms with E-state index >= 15 is 0 Å². The van der Waals surface area contributed by atoms with Gasteiger partial charge in [0.2, 0.25) is 11.8 Å². The van der Waals surface area contributed by atoms with E-state index in [-0.39, 0.29) is 17.9 Å². The largest absolute Gasteiger partial charge is 0.381 e. The van der Waals surface area contributed by atoms with Crippen molar-refractivity contribution in [3.63, 3.8) is 0 Å². The molecule has 3 aliphatic rings. The van der Waals surface area contributed by atoms with Crippen LogP contribution in [0.1, 0.15) is 62.6 Å². The van der Waals surface area contributed by atoms with Gasteiger partial charge < -0.3 is 19.1 Å². The van der Waals surface area contributed by atoms with Gasteiger partial charge in [0, 0.05) is 51.6 Å². The first-order valence-corrected chi connectivity index (χ1v) is 9.70. The van der Waals surface area contributed by atoms with Crippen LogP contribution in [0.4, 0.5) is 0 Å². The quantitative estimate of drug-likeness (QED) is 0.802. The highest BCUT2D eigenvalue weighted by molar-refractivity contribution is 5.80. The number of carbonyl (C=O) groups is 2. The number of fused-ring (bicyclic) bond motifs is 1. The third-order valence-corrected chi connectivity index (χ3v) is 5.76. The van der Waals surface area contributed by atoms with Crippen molar-refractivity contribution in [2.24, 2.45) is 0 Å². The SMILES string of the molecule is C[C@H]1CN(C(=O)CCN2CCCC2=O)Cc2nnc(C3CCOCC3)n21. The van der Waals surface area contributed by atoms with Gasteiger partial charge in [-0.2, -0.15) is 0 Å². The molecule has 1 aromatic heterocycles. The van der Waals surface area contributed by atoms with E-state index in [0.717, 1.165) is 50.7 Å². The van der Waals surface area contributed by atoms with Gasteiger partial charge in [0.15, 0.2) is 5.82 Å². The maximum atomic E-state index is 12.6. The molecule has 4 rings (SSSR count). The van der Waals surface area contributed by atoms with Crippen LogP contribution in [0.3, 0.4) is 0 Å².